The van der Waals surface area contributed by atoms with Gasteiger partial charge in [0.1, 0.15) is 6.54 Å². The summed E-state index contributed by atoms with van der Waals surface area (Å²) >= 11 is 0. The van der Waals surface area contributed by atoms with Crippen molar-refractivity contribution in [3.8, 4) is 0 Å². The van der Waals surface area contributed by atoms with E-state index in [1.165, 1.54) is 24.2 Å². The van der Waals surface area contributed by atoms with Crippen molar-refractivity contribution < 1.29 is 9.59 Å². The normalized spacial score (nSPS) is 24.9. The first-order valence-corrected chi connectivity index (χ1v) is 5.72. The summed E-state index contributed by atoms with van der Waals surface area (Å²) in [5.74, 6) is 0.184. The van der Waals surface area contributed by atoms with Crippen LogP contribution in [0.2, 0.25) is 0 Å². The smallest absolute Gasteiger partial charge is 0.242 e. The molecule has 2 fully saturated rings. The molecule has 1 heterocycles. The SMILES string of the molecule is CN1CC(=O)N(C2CCCCC2)CC1=O. The highest BCUT2D eigenvalue weighted by Gasteiger charge is 2.32. The molecule has 84 valence electrons. The van der Waals surface area contributed by atoms with E-state index in [4.69, 9.17) is 0 Å². The summed E-state index contributed by atoms with van der Waals surface area (Å²) in [7, 11) is 1.69. The molecule has 4 nitrogen and oxygen atoms in total. The van der Waals surface area contributed by atoms with Crippen LogP contribution in [0.1, 0.15) is 32.1 Å². The van der Waals surface area contributed by atoms with Crippen molar-refractivity contribution in [3.05, 3.63) is 0 Å². The Morgan fingerprint density at radius 3 is 2.33 bits per heavy atom. The van der Waals surface area contributed by atoms with Crippen molar-refractivity contribution in [1.82, 2.24) is 9.80 Å². The molecule has 15 heavy (non-hydrogen) atoms. The molecule has 0 spiro atoms. The maximum atomic E-state index is 11.8. The summed E-state index contributed by atoms with van der Waals surface area (Å²) in [6.07, 6.45) is 5.80. The molecule has 0 aromatic heterocycles. The van der Waals surface area contributed by atoms with Gasteiger partial charge in [-0.25, -0.2) is 0 Å². The molecule has 0 atom stereocenters. The molecule has 1 saturated carbocycles. The Labute approximate surface area is 90.2 Å². The summed E-state index contributed by atoms with van der Waals surface area (Å²) in [6.45, 7) is 0.551. The number of amides is 2. The van der Waals surface area contributed by atoms with Crippen LogP contribution in [0.3, 0.4) is 0 Å². The fourth-order valence-corrected chi connectivity index (χ4v) is 2.46. The molecular formula is C11H18N2O2. The lowest BCUT2D eigenvalue weighted by atomic mass is 9.93. The predicted molar refractivity (Wildman–Crippen MR) is 56.2 cm³/mol. The van der Waals surface area contributed by atoms with Crippen LogP contribution in [-0.2, 0) is 9.59 Å². The van der Waals surface area contributed by atoms with Gasteiger partial charge in [-0.1, -0.05) is 19.3 Å². The van der Waals surface area contributed by atoms with Crippen LogP contribution in [0.25, 0.3) is 0 Å². The van der Waals surface area contributed by atoms with Crippen molar-refractivity contribution >= 4 is 11.8 Å². The number of nitrogens with zero attached hydrogens (tertiary/aromatic N) is 2. The summed E-state index contributed by atoms with van der Waals surface area (Å²) in [6, 6.07) is 0.323. The van der Waals surface area contributed by atoms with E-state index in [9.17, 15) is 9.59 Å². The second-order valence-electron chi connectivity index (χ2n) is 4.56. The van der Waals surface area contributed by atoms with Crippen molar-refractivity contribution in [3.63, 3.8) is 0 Å². The van der Waals surface area contributed by atoms with E-state index >= 15 is 0 Å². The van der Waals surface area contributed by atoms with E-state index in [-0.39, 0.29) is 18.4 Å². The Kier molecular flexibility index (Phi) is 2.93. The summed E-state index contributed by atoms with van der Waals surface area (Å²) in [5.41, 5.74) is 0. The van der Waals surface area contributed by atoms with Crippen molar-refractivity contribution in [2.45, 2.75) is 38.1 Å². The van der Waals surface area contributed by atoms with Crippen molar-refractivity contribution in [2.24, 2.45) is 0 Å². The second-order valence-corrected chi connectivity index (χ2v) is 4.56. The van der Waals surface area contributed by atoms with E-state index < -0.39 is 0 Å². The van der Waals surface area contributed by atoms with Gasteiger partial charge in [0.25, 0.3) is 0 Å². The third-order valence-electron chi connectivity index (χ3n) is 3.44. The average Bonchev–Trinajstić information content (AvgIpc) is 2.25. The fourth-order valence-electron chi connectivity index (χ4n) is 2.46. The minimum Gasteiger partial charge on any atom is -0.335 e. The van der Waals surface area contributed by atoms with E-state index in [1.54, 1.807) is 11.9 Å². The fraction of sp³-hybridized carbons (Fsp3) is 0.818. The van der Waals surface area contributed by atoms with Gasteiger partial charge in [0.15, 0.2) is 0 Å². The van der Waals surface area contributed by atoms with Crippen molar-refractivity contribution in [2.75, 3.05) is 20.1 Å². The topological polar surface area (TPSA) is 40.6 Å². The lowest BCUT2D eigenvalue weighted by molar-refractivity contribution is -0.151. The largest absolute Gasteiger partial charge is 0.335 e. The highest BCUT2D eigenvalue weighted by atomic mass is 16.2. The third-order valence-corrected chi connectivity index (χ3v) is 3.44. The van der Waals surface area contributed by atoms with Gasteiger partial charge >= 0.3 is 0 Å². The zero-order valence-corrected chi connectivity index (χ0v) is 9.24. The number of carbonyl (C=O) groups excluding carboxylic acids is 2. The molecule has 2 amide bonds. The third kappa shape index (κ3) is 2.13. The molecule has 2 aliphatic rings. The Morgan fingerprint density at radius 1 is 1.00 bits per heavy atom. The first kappa shape index (κ1) is 10.5. The number of hydrogen-bond donors (Lipinski definition) is 0. The van der Waals surface area contributed by atoms with Crippen LogP contribution in [-0.4, -0.2) is 47.8 Å². The molecule has 0 aromatic carbocycles. The number of rotatable bonds is 1. The average molecular weight is 210 g/mol. The van der Waals surface area contributed by atoms with Crippen LogP contribution in [0.4, 0.5) is 0 Å². The maximum absolute atomic E-state index is 11.8. The Bertz CT molecular complexity index is 272. The zero-order valence-electron chi connectivity index (χ0n) is 9.24. The monoisotopic (exact) mass is 210 g/mol. The molecule has 0 bridgehead atoms. The summed E-state index contributed by atoms with van der Waals surface area (Å²) < 4.78 is 0. The van der Waals surface area contributed by atoms with Crippen molar-refractivity contribution in [1.29, 1.82) is 0 Å². The van der Waals surface area contributed by atoms with Crippen LogP contribution < -0.4 is 0 Å². The number of likely N-dealkylation sites (N-methyl/N-ethyl adjacent to an activating group) is 1. The number of piperazine rings is 1. The number of carbonyl (C=O) groups is 2. The predicted octanol–water partition coefficient (Wildman–Crippen LogP) is 0.620. The highest BCUT2D eigenvalue weighted by Crippen LogP contribution is 2.23. The van der Waals surface area contributed by atoms with Crippen LogP contribution in [0.5, 0.6) is 0 Å². The highest BCUT2D eigenvalue weighted by molar-refractivity contribution is 5.92. The molecule has 0 radical (unpaired) electrons. The number of hydrogen-bond acceptors (Lipinski definition) is 2. The van der Waals surface area contributed by atoms with E-state index in [0.717, 1.165) is 12.8 Å². The first-order valence-electron chi connectivity index (χ1n) is 5.72. The Balaban J connectivity index is 2.01. The van der Waals surface area contributed by atoms with E-state index in [2.05, 4.69) is 0 Å². The van der Waals surface area contributed by atoms with Crippen LogP contribution in [0.15, 0.2) is 0 Å². The maximum Gasteiger partial charge on any atom is 0.242 e. The Morgan fingerprint density at radius 2 is 1.67 bits per heavy atom. The van der Waals surface area contributed by atoms with Gasteiger partial charge in [0.05, 0.1) is 6.54 Å². The van der Waals surface area contributed by atoms with Gasteiger partial charge in [-0.3, -0.25) is 9.59 Å². The van der Waals surface area contributed by atoms with Gasteiger partial charge in [-0.05, 0) is 12.8 Å². The second kappa shape index (κ2) is 4.21. The molecule has 4 heteroatoms. The Hall–Kier alpha value is -1.06. The molecule has 1 saturated heterocycles. The van der Waals surface area contributed by atoms with Gasteiger partial charge in [-0.15, -0.1) is 0 Å². The molecule has 0 unspecified atom stereocenters. The van der Waals surface area contributed by atoms with E-state index in [1.807, 2.05) is 0 Å². The van der Waals surface area contributed by atoms with Gasteiger partial charge in [-0.2, -0.15) is 0 Å². The zero-order chi connectivity index (χ0) is 10.8. The minimum atomic E-state index is 0.0696. The summed E-state index contributed by atoms with van der Waals surface area (Å²) in [5, 5.41) is 0. The first-order chi connectivity index (χ1) is 7.18. The van der Waals surface area contributed by atoms with Gasteiger partial charge in [0, 0.05) is 13.1 Å². The van der Waals surface area contributed by atoms with Crippen LogP contribution in [0, 0.1) is 0 Å². The molecule has 0 N–H and O–H groups in total. The lowest BCUT2D eigenvalue weighted by Gasteiger charge is -2.38. The standard InChI is InChI=1S/C11H18N2O2/c1-12-7-11(15)13(8-10(12)14)9-5-3-2-4-6-9/h9H,2-8H2,1H3. The molecule has 2 rings (SSSR count). The molecule has 1 aliphatic heterocycles. The quantitative estimate of drug-likeness (QED) is 0.636. The van der Waals surface area contributed by atoms with E-state index in [0.29, 0.717) is 12.6 Å². The molecule has 0 aromatic rings. The summed E-state index contributed by atoms with van der Waals surface area (Å²) in [4.78, 5) is 26.6. The molecule has 1 aliphatic carbocycles. The van der Waals surface area contributed by atoms with Gasteiger partial charge < -0.3 is 9.80 Å². The lowest BCUT2D eigenvalue weighted by Crippen LogP contribution is -2.55. The van der Waals surface area contributed by atoms with Gasteiger partial charge in [0.2, 0.25) is 11.8 Å². The minimum absolute atomic E-state index is 0.0696. The molecular weight excluding hydrogens is 192 g/mol. The van der Waals surface area contributed by atoms with Crippen LogP contribution >= 0.6 is 0 Å².